The molecule has 0 radical (unpaired) electrons. The number of phenolic OH excluding ortho intramolecular Hbond substituents is 1. The van der Waals surface area contributed by atoms with Gasteiger partial charge in [0.2, 0.25) is 17.6 Å². The summed E-state index contributed by atoms with van der Waals surface area (Å²) in [6, 6.07) is 16.9. The number of nitrogens with zero attached hydrogens (tertiary/aromatic N) is 4. The zero-order chi connectivity index (χ0) is 19.3. The average Bonchev–Trinajstić information content (AvgIpc) is 3.22. The summed E-state index contributed by atoms with van der Waals surface area (Å²) in [5.74, 6) is 1.36. The molecule has 4 rings (SSSR count). The SMILES string of the molecule is O=C(CCc1nc(-c2ccccc2)no1)N1CCN(c2ccccc2O)CC1. The summed E-state index contributed by atoms with van der Waals surface area (Å²) in [5, 5.41) is 14.0. The van der Waals surface area contributed by atoms with E-state index in [0.29, 0.717) is 50.7 Å². The molecule has 1 aliphatic heterocycles. The number of carbonyl (C=O) groups is 1. The Bertz CT molecular complexity index is 934. The number of hydrogen-bond acceptors (Lipinski definition) is 6. The summed E-state index contributed by atoms with van der Waals surface area (Å²) in [6.07, 6.45) is 0.769. The highest BCUT2D eigenvalue weighted by Gasteiger charge is 2.23. The van der Waals surface area contributed by atoms with Gasteiger partial charge in [-0.3, -0.25) is 4.79 Å². The van der Waals surface area contributed by atoms with E-state index in [9.17, 15) is 9.90 Å². The lowest BCUT2D eigenvalue weighted by atomic mass is 10.2. The average molecular weight is 378 g/mol. The van der Waals surface area contributed by atoms with Crippen LogP contribution in [0.15, 0.2) is 59.1 Å². The number of benzene rings is 2. The van der Waals surface area contributed by atoms with Crippen molar-refractivity contribution in [2.45, 2.75) is 12.8 Å². The Kier molecular flexibility index (Phi) is 5.23. The van der Waals surface area contributed by atoms with Gasteiger partial charge in [-0.2, -0.15) is 4.98 Å². The smallest absolute Gasteiger partial charge is 0.227 e. The second kappa shape index (κ2) is 8.12. The van der Waals surface area contributed by atoms with Crippen LogP contribution < -0.4 is 4.90 Å². The number of piperazine rings is 1. The van der Waals surface area contributed by atoms with Crippen molar-refractivity contribution >= 4 is 11.6 Å². The quantitative estimate of drug-likeness (QED) is 0.735. The van der Waals surface area contributed by atoms with E-state index in [1.165, 1.54) is 0 Å². The molecule has 144 valence electrons. The number of phenols is 1. The van der Waals surface area contributed by atoms with Crippen LogP contribution in [-0.2, 0) is 11.2 Å². The first-order chi connectivity index (χ1) is 13.7. The van der Waals surface area contributed by atoms with E-state index >= 15 is 0 Å². The van der Waals surface area contributed by atoms with Crippen LogP contribution in [0.2, 0.25) is 0 Å². The molecule has 1 saturated heterocycles. The molecule has 0 atom stereocenters. The Morgan fingerprint density at radius 3 is 2.46 bits per heavy atom. The minimum atomic E-state index is 0.0800. The number of aromatic nitrogens is 2. The van der Waals surface area contributed by atoms with Gasteiger partial charge in [0.15, 0.2) is 0 Å². The molecule has 1 aromatic heterocycles. The third kappa shape index (κ3) is 3.98. The van der Waals surface area contributed by atoms with Crippen LogP contribution in [0.3, 0.4) is 0 Å². The molecular weight excluding hydrogens is 356 g/mol. The van der Waals surface area contributed by atoms with Crippen molar-refractivity contribution in [3.05, 3.63) is 60.5 Å². The molecule has 1 aliphatic rings. The largest absolute Gasteiger partial charge is 0.506 e. The van der Waals surface area contributed by atoms with Crippen molar-refractivity contribution in [2.75, 3.05) is 31.1 Å². The molecule has 0 bridgehead atoms. The number of para-hydroxylation sites is 2. The van der Waals surface area contributed by atoms with Crippen LogP contribution in [-0.4, -0.2) is 52.2 Å². The first-order valence-corrected chi connectivity index (χ1v) is 9.39. The lowest BCUT2D eigenvalue weighted by Gasteiger charge is -2.36. The molecule has 2 aromatic carbocycles. The summed E-state index contributed by atoms with van der Waals surface area (Å²) < 4.78 is 5.28. The van der Waals surface area contributed by atoms with Crippen LogP contribution in [0.5, 0.6) is 5.75 Å². The molecule has 3 aromatic rings. The van der Waals surface area contributed by atoms with Crippen molar-refractivity contribution in [1.29, 1.82) is 0 Å². The summed E-state index contributed by atoms with van der Waals surface area (Å²) in [5.41, 5.74) is 1.71. The van der Waals surface area contributed by atoms with Crippen molar-refractivity contribution in [2.24, 2.45) is 0 Å². The fraction of sp³-hybridized carbons (Fsp3) is 0.286. The van der Waals surface area contributed by atoms with E-state index in [-0.39, 0.29) is 11.7 Å². The molecule has 1 N–H and O–H groups in total. The third-order valence-electron chi connectivity index (χ3n) is 4.91. The fourth-order valence-electron chi connectivity index (χ4n) is 3.36. The maximum absolute atomic E-state index is 12.5. The van der Waals surface area contributed by atoms with Crippen LogP contribution >= 0.6 is 0 Å². The lowest BCUT2D eigenvalue weighted by molar-refractivity contribution is -0.131. The van der Waals surface area contributed by atoms with Crippen LogP contribution in [0.4, 0.5) is 5.69 Å². The summed E-state index contributed by atoms with van der Waals surface area (Å²) in [6.45, 7) is 2.66. The van der Waals surface area contributed by atoms with Gasteiger partial charge in [-0.1, -0.05) is 47.6 Å². The Balaban J connectivity index is 1.28. The van der Waals surface area contributed by atoms with Crippen molar-refractivity contribution in [3.63, 3.8) is 0 Å². The van der Waals surface area contributed by atoms with Gasteiger partial charge >= 0.3 is 0 Å². The van der Waals surface area contributed by atoms with Gasteiger partial charge in [-0.15, -0.1) is 0 Å². The van der Waals surface area contributed by atoms with E-state index in [2.05, 4.69) is 15.0 Å². The van der Waals surface area contributed by atoms with Gasteiger partial charge in [-0.05, 0) is 12.1 Å². The van der Waals surface area contributed by atoms with Gasteiger partial charge in [0, 0.05) is 44.6 Å². The molecule has 2 heterocycles. The first kappa shape index (κ1) is 18.0. The second-order valence-corrected chi connectivity index (χ2v) is 6.73. The monoisotopic (exact) mass is 378 g/mol. The molecule has 7 heteroatoms. The topological polar surface area (TPSA) is 82.7 Å². The molecule has 0 saturated carbocycles. The standard InChI is InChI=1S/C21H22N4O3/c26-18-9-5-4-8-17(18)24-12-14-25(15-13-24)20(27)11-10-19-22-21(23-28-19)16-6-2-1-3-7-16/h1-9,26H,10-15H2. The van der Waals surface area contributed by atoms with Gasteiger partial charge in [0.1, 0.15) is 5.75 Å². The van der Waals surface area contributed by atoms with Gasteiger partial charge in [0.05, 0.1) is 5.69 Å². The molecule has 7 nitrogen and oxygen atoms in total. The van der Waals surface area contributed by atoms with Crippen molar-refractivity contribution in [3.8, 4) is 17.1 Å². The van der Waals surface area contributed by atoms with Crippen molar-refractivity contribution in [1.82, 2.24) is 15.0 Å². The predicted octanol–water partition coefficient (Wildman–Crippen LogP) is 2.72. The maximum Gasteiger partial charge on any atom is 0.227 e. The van der Waals surface area contributed by atoms with Crippen molar-refractivity contribution < 1.29 is 14.4 Å². The Morgan fingerprint density at radius 2 is 1.71 bits per heavy atom. The zero-order valence-electron chi connectivity index (χ0n) is 15.5. The normalized spacial score (nSPS) is 14.3. The minimum Gasteiger partial charge on any atom is -0.506 e. The van der Waals surface area contributed by atoms with E-state index in [0.717, 1.165) is 11.3 Å². The van der Waals surface area contributed by atoms with Crippen LogP contribution in [0.25, 0.3) is 11.4 Å². The summed E-state index contributed by atoms with van der Waals surface area (Å²) >= 11 is 0. The summed E-state index contributed by atoms with van der Waals surface area (Å²) in [4.78, 5) is 20.9. The molecule has 0 aliphatic carbocycles. The third-order valence-corrected chi connectivity index (χ3v) is 4.91. The molecule has 0 unspecified atom stereocenters. The van der Waals surface area contributed by atoms with E-state index in [1.807, 2.05) is 47.4 Å². The molecular formula is C21H22N4O3. The number of aryl methyl sites for hydroxylation is 1. The van der Waals surface area contributed by atoms with E-state index < -0.39 is 0 Å². The van der Waals surface area contributed by atoms with E-state index in [4.69, 9.17) is 4.52 Å². The molecule has 1 amide bonds. The highest BCUT2D eigenvalue weighted by atomic mass is 16.5. The highest BCUT2D eigenvalue weighted by Crippen LogP contribution is 2.27. The number of carbonyl (C=O) groups excluding carboxylic acids is 1. The summed E-state index contributed by atoms with van der Waals surface area (Å²) in [7, 11) is 0. The van der Waals surface area contributed by atoms with Crippen LogP contribution in [0, 0.1) is 0 Å². The highest BCUT2D eigenvalue weighted by molar-refractivity contribution is 5.76. The van der Waals surface area contributed by atoms with Gasteiger partial charge in [-0.25, -0.2) is 0 Å². The molecule has 28 heavy (non-hydrogen) atoms. The molecule has 0 spiro atoms. The number of hydrogen-bond donors (Lipinski definition) is 1. The van der Waals surface area contributed by atoms with E-state index in [1.54, 1.807) is 12.1 Å². The minimum absolute atomic E-state index is 0.0800. The second-order valence-electron chi connectivity index (χ2n) is 6.73. The zero-order valence-corrected chi connectivity index (χ0v) is 15.5. The number of rotatable bonds is 5. The predicted molar refractivity (Wildman–Crippen MR) is 105 cm³/mol. The van der Waals surface area contributed by atoms with Gasteiger partial charge < -0.3 is 19.4 Å². The fourth-order valence-corrected chi connectivity index (χ4v) is 3.36. The molecule has 1 fully saturated rings. The Hall–Kier alpha value is -3.35. The number of anilines is 1. The Morgan fingerprint density at radius 1 is 1.00 bits per heavy atom. The number of aromatic hydroxyl groups is 1. The number of amides is 1. The lowest BCUT2D eigenvalue weighted by Crippen LogP contribution is -2.48. The Labute approximate surface area is 163 Å². The maximum atomic E-state index is 12.5. The first-order valence-electron chi connectivity index (χ1n) is 9.39. The van der Waals surface area contributed by atoms with Crippen LogP contribution in [0.1, 0.15) is 12.3 Å². The van der Waals surface area contributed by atoms with Gasteiger partial charge in [0.25, 0.3) is 0 Å².